The zero-order chi connectivity index (χ0) is 13.2. The van der Waals surface area contributed by atoms with Crippen molar-refractivity contribution in [1.29, 1.82) is 0 Å². The minimum absolute atomic E-state index is 0.123. The van der Waals surface area contributed by atoms with Gasteiger partial charge in [-0.2, -0.15) is 0 Å². The van der Waals surface area contributed by atoms with E-state index < -0.39 is 0 Å². The van der Waals surface area contributed by atoms with Gasteiger partial charge in [0.2, 0.25) is 0 Å². The molecule has 0 spiro atoms. The van der Waals surface area contributed by atoms with Gasteiger partial charge in [-0.05, 0) is 51.4 Å². The predicted octanol–water partition coefficient (Wildman–Crippen LogP) is 4.50. The monoisotopic (exact) mass is 315 g/mol. The third kappa shape index (κ3) is 2.31. The zero-order valence-corrected chi connectivity index (χ0v) is 12.1. The van der Waals surface area contributed by atoms with Gasteiger partial charge in [0.1, 0.15) is 0 Å². The fourth-order valence-electron chi connectivity index (χ4n) is 2.40. The highest BCUT2D eigenvalue weighted by molar-refractivity contribution is 9.10. The smallest absolute Gasteiger partial charge is 0.174 e. The van der Waals surface area contributed by atoms with Gasteiger partial charge in [-0.15, -0.1) is 0 Å². The Morgan fingerprint density at radius 1 is 1.05 bits per heavy atom. The molecule has 0 radical (unpaired) electrons. The Morgan fingerprint density at radius 2 is 1.84 bits per heavy atom. The lowest BCUT2D eigenvalue weighted by atomic mass is 9.98. The van der Waals surface area contributed by atoms with Gasteiger partial charge in [0, 0.05) is 5.56 Å². The lowest BCUT2D eigenvalue weighted by Gasteiger charge is -2.16. The van der Waals surface area contributed by atoms with Crippen LogP contribution in [0.15, 0.2) is 63.9 Å². The van der Waals surface area contributed by atoms with Gasteiger partial charge in [0.25, 0.3) is 0 Å². The quantitative estimate of drug-likeness (QED) is 0.769. The van der Waals surface area contributed by atoms with Crippen molar-refractivity contribution in [3.05, 3.63) is 70.6 Å². The molecular formula is C16H14BrNO. The predicted molar refractivity (Wildman–Crippen MR) is 81.3 cm³/mol. The van der Waals surface area contributed by atoms with E-state index in [-0.39, 0.29) is 6.04 Å². The molecule has 0 saturated carbocycles. The summed E-state index contributed by atoms with van der Waals surface area (Å²) >= 11 is 3.45. The summed E-state index contributed by atoms with van der Waals surface area (Å²) in [5.74, 6) is 0. The highest BCUT2D eigenvalue weighted by Crippen LogP contribution is 2.30. The maximum atomic E-state index is 5.33. The molecule has 0 aliphatic heterocycles. The minimum Gasteiger partial charge on any atom is -0.457 e. The van der Waals surface area contributed by atoms with Crippen molar-refractivity contribution >= 4 is 26.7 Å². The largest absolute Gasteiger partial charge is 0.457 e. The van der Waals surface area contributed by atoms with Crippen molar-refractivity contribution in [2.75, 3.05) is 7.05 Å². The van der Waals surface area contributed by atoms with Crippen molar-refractivity contribution in [3.8, 4) is 0 Å². The molecule has 1 aromatic heterocycles. The summed E-state index contributed by atoms with van der Waals surface area (Å²) in [5, 5.41) is 5.84. The summed E-state index contributed by atoms with van der Waals surface area (Å²) in [5.41, 5.74) is 2.33. The summed E-state index contributed by atoms with van der Waals surface area (Å²) in [6, 6.07) is 17.0. The number of nitrogens with one attached hydrogen (secondary N) is 1. The van der Waals surface area contributed by atoms with Crippen LogP contribution in [0.4, 0.5) is 0 Å². The topological polar surface area (TPSA) is 25.2 Å². The van der Waals surface area contributed by atoms with Gasteiger partial charge in [0.15, 0.2) is 4.67 Å². The van der Waals surface area contributed by atoms with Crippen LogP contribution in [0.1, 0.15) is 17.2 Å². The zero-order valence-electron chi connectivity index (χ0n) is 10.6. The first-order valence-electron chi connectivity index (χ1n) is 6.18. The fourth-order valence-corrected chi connectivity index (χ4v) is 2.87. The highest BCUT2D eigenvalue weighted by atomic mass is 79.9. The van der Waals surface area contributed by atoms with E-state index in [1.165, 1.54) is 16.3 Å². The molecule has 2 nitrogen and oxygen atoms in total. The SMILES string of the molecule is CNC(c1ccc2ccccc2c1)c1ccoc1Br. The molecule has 0 aliphatic carbocycles. The van der Waals surface area contributed by atoms with E-state index >= 15 is 0 Å². The van der Waals surface area contributed by atoms with E-state index in [0.29, 0.717) is 0 Å². The Morgan fingerprint density at radius 3 is 2.53 bits per heavy atom. The summed E-state index contributed by atoms with van der Waals surface area (Å²) in [6.45, 7) is 0. The summed E-state index contributed by atoms with van der Waals surface area (Å²) in [4.78, 5) is 0. The maximum absolute atomic E-state index is 5.33. The second-order valence-electron chi connectivity index (χ2n) is 4.48. The van der Waals surface area contributed by atoms with E-state index in [1.807, 2.05) is 13.1 Å². The van der Waals surface area contributed by atoms with Crippen LogP contribution in [0.25, 0.3) is 10.8 Å². The molecule has 1 unspecified atom stereocenters. The second kappa shape index (κ2) is 5.19. The van der Waals surface area contributed by atoms with Crippen molar-refractivity contribution in [2.24, 2.45) is 0 Å². The van der Waals surface area contributed by atoms with Crippen LogP contribution in [-0.2, 0) is 0 Å². The summed E-state index contributed by atoms with van der Waals surface area (Å²) in [7, 11) is 1.96. The Kier molecular flexibility index (Phi) is 3.40. The Bertz CT molecular complexity index is 705. The second-order valence-corrected chi connectivity index (χ2v) is 5.20. The number of halogens is 1. The Hall–Kier alpha value is -1.58. The Labute approximate surface area is 120 Å². The summed E-state index contributed by atoms with van der Waals surface area (Å²) in [6.07, 6.45) is 1.70. The van der Waals surface area contributed by atoms with E-state index in [0.717, 1.165) is 10.2 Å². The molecule has 1 heterocycles. The van der Waals surface area contributed by atoms with Crippen molar-refractivity contribution < 1.29 is 4.42 Å². The fraction of sp³-hybridized carbons (Fsp3) is 0.125. The number of furan rings is 1. The molecule has 19 heavy (non-hydrogen) atoms. The molecule has 0 amide bonds. The van der Waals surface area contributed by atoms with Gasteiger partial charge < -0.3 is 9.73 Å². The third-order valence-electron chi connectivity index (χ3n) is 3.35. The van der Waals surface area contributed by atoms with E-state index in [1.54, 1.807) is 6.26 Å². The van der Waals surface area contributed by atoms with Crippen LogP contribution in [0.2, 0.25) is 0 Å². The van der Waals surface area contributed by atoms with Crippen molar-refractivity contribution in [3.63, 3.8) is 0 Å². The van der Waals surface area contributed by atoms with Gasteiger partial charge in [-0.1, -0.05) is 36.4 Å². The normalized spacial score (nSPS) is 12.7. The lowest BCUT2D eigenvalue weighted by Crippen LogP contribution is -2.17. The van der Waals surface area contributed by atoms with Crippen molar-refractivity contribution in [1.82, 2.24) is 5.32 Å². The van der Waals surface area contributed by atoms with E-state index in [2.05, 4.69) is 63.7 Å². The number of hydrogen-bond donors (Lipinski definition) is 1. The number of fused-ring (bicyclic) bond motifs is 1. The van der Waals surface area contributed by atoms with Crippen LogP contribution < -0.4 is 5.32 Å². The van der Waals surface area contributed by atoms with Gasteiger partial charge in [-0.3, -0.25) is 0 Å². The average molecular weight is 316 g/mol. The molecule has 3 heteroatoms. The molecule has 0 bridgehead atoms. The first-order valence-corrected chi connectivity index (χ1v) is 6.98. The molecule has 0 saturated heterocycles. The molecule has 3 aromatic rings. The van der Waals surface area contributed by atoms with E-state index in [9.17, 15) is 0 Å². The van der Waals surface area contributed by atoms with Gasteiger partial charge in [0.05, 0.1) is 12.3 Å². The Balaban J connectivity index is 2.09. The molecule has 1 atom stereocenters. The summed E-state index contributed by atoms with van der Waals surface area (Å²) < 4.78 is 6.11. The molecule has 96 valence electrons. The minimum atomic E-state index is 0.123. The molecular weight excluding hydrogens is 302 g/mol. The highest BCUT2D eigenvalue weighted by Gasteiger charge is 2.17. The number of hydrogen-bond acceptors (Lipinski definition) is 2. The van der Waals surface area contributed by atoms with Crippen molar-refractivity contribution in [2.45, 2.75) is 6.04 Å². The molecule has 0 fully saturated rings. The standard InChI is InChI=1S/C16H14BrNO/c1-18-15(14-8-9-19-16(14)17)13-7-6-11-4-2-3-5-12(11)10-13/h2-10,15,18H,1H3. The molecule has 0 aliphatic rings. The molecule has 2 aromatic carbocycles. The van der Waals surface area contributed by atoms with Gasteiger partial charge >= 0.3 is 0 Å². The van der Waals surface area contributed by atoms with Gasteiger partial charge in [-0.25, -0.2) is 0 Å². The number of benzene rings is 2. The number of rotatable bonds is 3. The lowest BCUT2D eigenvalue weighted by molar-refractivity contribution is 0.530. The maximum Gasteiger partial charge on any atom is 0.174 e. The first-order chi connectivity index (χ1) is 9.29. The molecule has 3 rings (SSSR count). The van der Waals surface area contributed by atoms with Crippen LogP contribution in [-0.4, -0.2) is 7.05 Å². The first kappa shape index (κ1) is 12.5. The van der Waals surface area contributed by atoms with Crippen LogP contribution in [0.5, 0.6) is 0 Å². The van der Waals surface area contributed by atoms with Crippen LogP contribution in [0.3, 0.4) is 0 Å². The molecule has 1 N–H and O–H groups in total. The average Bonchev–Trinajstić information content (AvgIpc) is 2.86. The van der Waals surface area contributed by atoms with Crippen LogP contribution >= 0.6 is 15.9 Å². The third-order valence-corrected chi connectivity index (χ3v) is 4.00. The van der Waals surface area contributed by atoms with E-state index in [4.69, 9.17) is 4.42 Å². The van der Waals surface area contributed by atoms with Crippen LogP contribution in [0, 0.1) is 0 Å².